The summed E-state index contributed by atoms with van der Waals surface area (Å²) in [6.45, 7) is 4.60. The van der Waals surface area contributed by atoms with Crippen molar-refractivity contribution in [3.8, 4) is 0 Å². The number of benzene rings is 1. The highest BCUT2D eigenvalue weighted by atomic mass is 35.5. The van der Waals surface area contributed by atoms with E-state index in [0.717, 1.165) is 31.4 Å². The summed E-state index contributed by atoms with van der Waals surface area (Å²) in [5.74, 6) is 0.0232. The molecule has 0 saturated heterocycles. The van der Waals surface area contributed by atoms with Crippen molar-refractivity contribution < 1.29 is 4.79 Å². The van der Waals surface area contributed by atoms with Gasteiger partial charge in [0, 0.05) is 21.5 Å². The lowest BCUT2D eigenvalue weighted by atomic mass is 10.1. The molecule has 5 heteroatoms. The molecule has 3 aromatic rings. The molecular weight excluding hydrogens is 316 g/mol. The molecule has 0 aliphatic heterocycles. The number of carbonyl (C=O) groups is 1. The van der Waals surface area contributed by atoms with Gasteiger partial charge in [0.2, 0.25) is 5.91 Å². The van der Waals surface area contributed by atoms with Gasteiger partial charge in [-0.25, -0.2) is 0 Å². The van der Waals surface area contributed by atoms with Crippen LogP contribution in [0.1, 0.15) is 21.7 Å². The fourth-order valence-corrected chi connectivity index (χ4v) is 3.61. The molecule has 0 spiro atoms. The summed E-state index contributed by atoms with van der Waals surface area (Å²) in [6.07, 6.45) is 0.383. The Morgan fingerprint density at radius 1 is 1.27 bits per heavy atom. The smallest absolute Gasteiger partial charge is 0.224 e. The Morgan fingerprint density at radius 2 is 2.09 bits per heavy atom. The second-order valence-corrected chi connectivity index (χ2v) is 7.24. The molecule has 3 rings (SSSR count). The van der Waals surface area contributed by atoms with Gasteiger partial charge in [0.25, 0.3) is 0 Å². The number of fused-ring (bicyclic) bond motifs is 1. The third kappa shape index (κ3) is 3.18. The molecule has 1 amide bonds. The lowest BCUT2D eigenvalue weighted by Crippen LogP contribution is -2.24. The minimum atomic E-state index is 0.0232. The average Bonchev–Trinajstić information content (AvgIpc) is 3.02. The van der Waals surface area contributed by atoms with Crippen molar-refractivity contribution in [3.05, 3.63) is 56.4 Å². The molecule has 0 radical (unpaired) electrons. The van der Waals surface area contributed by atoms with Crippen molar-refractivity contribution in [2.45, 2.75) is 26.8 Å². The minimum absolute atomic E-state index is 0.0232. The normalized spacial score (nSPS) is 11.0. The van der Waals surface area contributed by atoms with Gasteiger partial charge in [-0.2, -0.15) is 0 Å². The molecule has 0 unspecified atom stereocenters. The monoisotopic (exact) mass is 332 g/mol. The van der Waals surface area contributed by atoms with Gasteiger partial charge in [-0.15, -0.1) is 11.3 Å². The van der Waals surface area contributed by atoms with E-state index in [0.29, 0.717) is 13.0 Å². The first kappa shape index (κ1) is 15.1. The number of amides is 1. The van der Waals surface area contributed by atoms with E-state index in [2.05, 4.69) is 35.4 Å². The van der Waals surface area contributed by atoms with Crippen molar-refractivity contribution in [3.63, 3.8) is 0 Å². The number of nitrogens with one attached hydrogen (secondary N) is 2. The number of aryl methyl sites for hydroxylation is 2. The molecule has 1 aromatic carbocycles. The molecule has 0 aliphatic rings. The highest BCUT2D eigenvalue weighted by Gasteiger charge is 2.12. The molecule has 0 fully saturated rings. The predicted molar refractivity (Wildman–Crippen MR) is 92.7 cm³/mol. The van der Waals surface area contributed by atoms with Crippen LogP contribution in [0, 0.1) is 13.8 Å². The van der Waals surface area contributed by atoms with E-state index >= 15 is 0 Å². The predicted octanol–water partition coefficient (Wildman–Crippen LogP) is 4.36. The van der Waals surface area contributed by atoms with Crippen molar-refractivity contribution in [2.24, 2.45) is 0 Å². The van der Waals surface area contributed by atoms with Crippen LogP contribution in [-0.2, 0) is 17.8 Å². The zero-order chi connectivity index (χ0) is 15.7. The number of halogens is 1. The lowest BCUT2D eigenvalue weighted by Gasteiger charge is -2.04. The lowest BCUT2D eigenvalue weighted by molar-refractivity contribution is -0.120. The SMILES string of the molecule is Cc1ccc2[nH]c(C)c(CC(=O)NCc3ccc(Cl)s3)c2c1. The van der Waals surface area contributed by atoms with Crippen LogP contribution >= 0.6 is 22.9 Å². The summed E-state index contributed by atoms with van der Waals surface area (Å²) >= 11 is 7.38. The molecule has 2 heterocycles. The van der Waals surface area contributed by atoms with Crippen LogP contribution in [0.25, 0.3) is 10.9 Å². The van der Waals surface area contributed by atoms with E-state index in [4.69, 9.17) is 11.6 Å². The quantitative estimate of drug-likeness (QED) is 0.732. The Morgan fingerprint density at radius 3 is 2.82 bits per heavy atom. The molecule has 0 aliphatic carbocycles. The highest BCUT2D eigenvalue weighted by molar-refractivity contribution is 7.16. The van der Waals surface area contributed by atoms with Gasteiger partial charge >= 0.3 is 0 Å². The van der Waals surface area contributed by atoms with E-state index in [-0.39, 0.29) is 5.91 Å². The second-order valence-electron chi connectivity index (χ2n) is 5.44. The molecular formula is C17H17ClN2OS. The maximum absolute atomic E-state index is 12.2. The molecule has 2 aromatic heterocycles. The number of H-pyrrole nitrogens is 1. The Hall–Kier alpha value is -1.78. The molecule has 3 nitrogen and oxygen atoms in total. The van der Waals surface area contributed by atoms with Crippen molar-refractivity contribution in [2.75, 3.05) is 0 Å². The zero-order valence-corrected chi connectivity index (χ0v) is 14.1. The Bertz CT molecular complexity index is 834. The van der Waals surface area contributed by atoms with Crippen LogP contribution in [0.5, 0.6) is 0 Å². The fourth-order valence-electron chi connectivity index (χ4n) is 2.58. The molecule has 22 heavy (non-hydrogen) atoms. The summed E-state index contributed by atoms with van der Waals surface area (Å²) in [5.41, 5.74) is 4.40. The first-order valence-electron chi connectivity index (χ1n) is 7.11. The molecule has 114 valence electrons. The summed E-state index contributed by atoms with van der Waals surface area (Å²) in [4.78, 5) is 16.6. The number of rotatable bonds is 4. The van der Waals surface area contributed by atoms with E-state index in [1.165, 1.54) is 16.9 Å². The first-order chi connectivity index (χ1) is 10.5. The van der Waals surface area contributed by atoms with Crippen LogP contribution in [0.15, 0.2) is 30.3 Å². The Balaban J connectivity index is 1.73. The van der Waals surface area contributed by atoms with Gasteiger partial charge in [0.05, 0.1) is 17.3 Å². The van der Waals surface area contributed by atoms with Crippen LogP contribution < -0.4 is 5.32 Å². The van der Waals surface area contributed by atoms with E-state index in [9.17, 15) is 4.79 Å². The maximum atomic E-state index is 12.2. The van der Waals surface area contributed by atoms with Gasteiger partial charge in [-0.3, -0.25) is 4.79 Å². The van der Waals surface area contributed by atoms with Gasteiger partial charge in [-0.05, 0) is 43.7 Å². The fraction of sp³-hybridized carbons (Fsp3) is 0.235. The zero-order valence-electron chi connectivity index (χ0n) is 12.5. The molecule has 0 atom stereocenters. The van der Waals surface area contributed by atoms with Gasteiger partial charge in [0.15, 0.2) is 0 Å². The van der Waals surface area contributed by atoms with Crippen molar-refractivity contribution in [1.29, 1.82) is 0 Å². The molecule has 0 saturated carbocycles. The Kier molecular flexibility index (Phi) is 4.23. The standard InChI is InChI=1S/C17H17ClN2OS/c1-10-3-5-15-14(7-10)13(11(2)20-15)8-17(21)19-9-12-4-6-16(18)22-12/h3-7,20H,8-9H2,1-2H3,(H,19,21). The van der Waals surface area contributed by atoms with Crippen LogP contribution in [-0.4, -0.2) is 10.9 Å². The van der Waals surface area contributed by atoms with Crippen LogP contribution in [0.4, 0.5) is 0 Å². The number of hydrogen-bond donors (Lipinski definition) is 2. The summed E-state index contributed by atoms with van der Waals surface area (Å²) in [6, 6.07) is 10.0. The summed E-state index contributed by atoms with van der Waals surface area (Å²) < 4.78 is 0.743. The van der Waals surface area contributed by atoms with Gasteiger partial charge < -0.3 is 10.3 Å². The molecule has 2 N–H and O–H groups in total. The minimum Gasteiger partial charge on any atom is -0.358 e. The maximum Gasteiger partial charge on any atom is 0.224 e. The van der Waals surface area contributed by atoms with Crippen LogP contribution in [0.2, 0.25) is 4.34 Å². The summed E-state index contributed by atoms with van der Waals surface area (Å²) in [7, 11) is 0. The number of carbonyl (C=O) groups excluding carboxylic acids is 1. The number of aromatic amines is 1. The van der Waals surface area contributed by atoms with Crippen molar-refractivity contribution >= 4 is 39.7 Å². The second kappa shape index (κ2) is 6.15. The largest absolute Gasteiger partial charge is 0.358 e. The first-order valence-corrected chi connectivity index (χ1v) is 8.31. The average molecular weight is 333 g/mol. The van der Waals surface area contributed by atoms with E-state index in [1.54, 1.807) is 0 Å². The van der Waals surface area contributed by atoms with Crippen LogP contribution in [0.3, 0.4) is 0 Å². The number of thiophene rings is 1. The third-order valence-electron chi connectivity index (χ3n) is 3.70. The highest BCUT2D eigenvalue weighted by Crippen LogP contribution is 2.24. The third-order valence-corrected chi connectivity index (χ3v) is 4.93. The molecule has 0 bridgehead atoms. The topological polar surface area (TPSA) is 44.9 Å². The van der Waals surface area contributed by atoms with Gasteiger partial charge in [0.1, 0.15) is 0 Å². The van der Waals surface area contributed by atoms with E-state index in [1.807, 2.05) is 19.1 Å². The van der Waals surface area contributed by atoms with Gasteiger partial charge in [-0.1, -0.05) is 23.2 Å². The number of aromatic nitrogens is 1. The summed E-state index contributed by atoms with van der Waals surface area (Å²) in [5, 5.41) is 4.09. The van der Waals surface area contributed by atoms with E-state index < -0.39 is 0 Å². The number of hydrogen-bond acceptors (Lipinski definition) is 2. The van der Waals surface area contributed by atoms with Crippen molar-refractivity contribution in [1.82, 2.24) is 10.3 Å². The Labute approximate surface area is 138 Å².